The van der Waals surface area contributed by atoms with Crippen LogP contribution in [0.5, 0.6) is 28.7 Å². The first-order valence-electron chi connectivity index (χ1n) is 30.7. The van der Waals surface area contributed by atoms with Gasteiger partial charge in [0.15, 0.2) is 23.0 Å². The van der Waals surface area contributed by atoms with Gasteiger partial charge in [-0.2, -0.15) is 0 Å². The van der Waals surface area contributed by atoms with Crippen LogP contribution in [-0.4, -0.2) is 205 Å². The van der Waals surface area contributed by atoms with Crippen molar-refractivity contribution >= 4 is 45.3 Å². The Morgan fingerprint density at radius 3 is 1.00 bits per heavy atom. The molecule has 0 amide bonds. The van der Waals surface area contributed by atoms with E-state index in [9.17, 15) is 0 Å². The maximum Gasteiger partial charge on any atom is 0.181 e. The minimum absolute atomic E-state index is 0. The molecule has 0 spiro atoms. The summed E-state index contributed by atoms with van der Waals surface area (Å²) < 4.78 is 109. The smallest absolute Gasteiger partial charge is 0.181 e. The average Bonchev–Trinajstić information content (AvgIpc) is 4.51. The van der Waals surface area contributed by atoms with E-state index in [-0.39, 0.29) is 14.9 Å². The third-order valence-corrected chi connectivity index (χ3v) is 13.8. The van der Waals surface area contributed by atoms with Crippen LogP contribution in [0.3, 0.4) is 0 Å². The first kappa shape index (κ1) is 82.3. The first-order chi connectivity index (χ1) is 41.9. The van der Waals surface area contributed by atoms with Crippen molar-refractivity contribution in [1.29, 1.82) is 0 Å². The molecule has 0 atom stereocenters. The number of rotatable bonds is 54. The van der Waals surface area contributed by atoms with Crippen LogP contribution < -0.4 is 23.7 Å². The summed E-state index contributed by atoms with van der Waals surface area (Å²) in [5, 5.41) is 7.83. The second-order valence-electron chi connectivity index (χ2n) is 17.7. The fourth-order valence-corrected chi connectivity index (χ4v) is 9.60. The zero-order valence-electron chi connectivity index (χ0n) is 54.0. The van der Waals surface area contributed by atoms with E-state index in [0.29, 0.717) is 159 Å². The lowest BCUT2D eigenvalue weighted by atomic mass is 10.3. The summed E-state index contributed by atoms with van der Waals surface area (Å²) in [4.78, 5) is 4.67. The van der Waals surface area contributed by atoms with Gasteiger partial charge in [-0.1, -0.05) is 56.4 Å². The third-order valence-electron chi connectivity index (χ3n) is 10.2. The Labute approximate surface area is 532 Å². The van der Waals surface area contributed by atoms with Crippen molar-refractivity contribution in [1.82, 2.24) is 0 Å². The van der Waals surface area contributed by atoms with Gasteiger partial charge >= 0.3 is 0 Å². The minimum atomic E-state index is 0. The summed E-state index contributed by atoms with van der Waals surface area (Å²) in [5.74, 6) is 4.02. The van der Waals surface area contributed by atoms with Gasteiger partial charge in [-0.05, 0) is 76.0 Å². The van der Waals surface area contributed by atoms with E-state index in [1.807, 2.05) is 27.6 Å². The molecule has 0 unspecified atom stereocenters. The Hall–Kier alpha value is -2.72. The maximum absolute atomic E-state index is 6.17. The fraction of sp³-hybridized carbons (Fsp3) is 0.746. The molecule has 4 rings (SSSR count). The predicted octanol–water partition coefficient (Wildman–Crippen LogP) is 14.3. The van der Waals surface area contributed by atoms with Crippen LogP contribution in [0, 0.1) is 13.8 Å². The first-order valence-corrected chi connectivity index (χ1v) is 33.3. The summed E-state index contributed by atoms with van der Waals surface area (Å²) >= 11 is 6.64. The molecule has 0 radical (unpaired) electrons. The van der Waals surface area contributed by atoms with E-state index >= 15 is 0 Å². The van der Waals surface area contributed by atoms with Crippen molar-refractivity contribution in [2.24, 2.45) is 0 Å². The molecular formula is C63H116O18S4. The molecule has 0 saturated carbocycles. The molecule has 18 nitrogen and oxygen atoms in total. The van der Waals surface area contributed by atoms with Crippen molar-refractivity contribution in [2.75, 3.05) is 205 Å². The summed E-state index contributed by atoms with van der Waals surface area (Å²) in [6, 6.07) is 6.23. The van der Waals surface area contributed by atoms with Crippen LogP contribution in [0.4, 0.5) is 0 Å². The zero-order valence-corrected chi connectivity index (χ0v) is 55.2. The van der Waals surface area contributed by atoms with E-state index in [1.54, 1.807) is 52.5 Å². The largest absolute Gasteiger partial charge is 0.490 e. The average molecular weight is 1290 g/mol. The molecule has 0 fully saturated rings. The third kappa shape index (κ3) is 49.8. The minimum Gasteiger partial charge on any atom is -0.490 e. The van der Waals surface area contributed by atoms with E-state index in [4.69, 9.17) is 88.2 Å². The van der Waals surface area contributed by atoms with Crippen molar-refractivity contribution in [3.63, 3.8) is 0 Å². The second kappa shape index (κ2) is 65.7. The monoisotopic (exact) mass is 1290 g/mol. The van der Waals surface area contributed by atoms with Crippen molar-refractivity contribution in [3.05, 3.63) is 49.5 Å². The summed E-state index contributed by atoms with van der Waals surface area (Å²) in [5.41, 5.74) is 0. The predicted molar refractivity (Wildman–Crippen MR) is 352 cm³/mol. The Balaban J connectivity index is -0.00000114. The molecule has 0 saturated heterocycles. The number of methoxy groups -OCH3 is 1. The summed E-state index contributed by atoms with van der Waals surface area (Å²) in [6.07, 6.45) is 6.22. The molecule has 0 aromatic carbocycles. The summed E-state index contributed by atoms with van der Waals surface area (Å²) in [6.45, 7) is 35.5. The van der Waals surface area contributed by atoms with Crippen molar-refractivity contribution < 1.29 is 88.2 Å². The lowest BCUT2D eigenvalue weighted by molar-refractivity contribution is 0.0250. The summed E-state index contributed by atoms with van der Waals surface area (Å²) in [7, 11) is 1.66. The lowest BCUT2D eigenvalue weighted by Gasteiger charge is -2.12. The van der Waals surface area contributed by atoms with Gasteiger partial charge in [0.05, 0.1) is 130 Å². The van der Waals surface area contributed by atoms with Crippen LogP contribution in [0.2, 0.25) is 0 Å². The number of ether oxygens (including phenoxy) is 18. The van der Waals surface area contributed by atoms with Crippen LogP contribution in [0.15, 0.2) is 39.7 Å². The van der Waals surface area contributed by atoms with Crippen LogP contribution >= 0.6 is 45.3 Å². The Morgan fingerprint density at radius 1 is 0.341 bits per heavy atom. The molecule has 85 heavy (non-hydrogen) atoms. The van der Waals surface area contributed by atoms with Gasteiger partial charge < -0.3 is 85.3 Å². The highest BCUT2D eigenvalue weighted by atomic mass is 32.1. The quantitative estimate of drug-likeness (QED) is 0.0383. The highest BCUT2D eigenvalue weighted by Crippen LogP contribution is 2.49. The Kier molecular flexibility index (Phi) is 63.6. The van der Waals surface area contributed by atoms with Crippen molar-refractivity contribution in [3.8, 4) is 38.5 Å². The molecule has 0 bridgehead atoms. The Morgan fingerprint density at radius 2 is 0.671 bits per heavy atom. The SMILES string of the molecule is C.C.CCCOCCOCCOC.CCCOCCOCCOc1c(C)sc(-c2ccc(C)s2)c1OCCOCCOCCC.CCCOCCOCCOc1ccsc1.CCCOCCOCCOc1cscc1OCCOCCOCCC.[2H][2H]. The molecule has 500 valence electrons. The number of aryl methyl sites for hydroxylation is 2. The van der Waals surface area contributed by atoms with Crippen LogP contribution in [0.1, 0.15) is 108 Å². The standard InChI is InChI=1S/C24H38O6S2.C18H32O6S.C11H18O3S.C8H18O3.2CH4.H2/c1-5-9-25-11-13-27-15-17-29-22-20(4)32-24(21-8-7-19(3)31-21)23(22)30-18-16-28-14-12-26-10-6-2;1-3-5-19-7-9-21-11-13-23-17-15-25-16-18(17)24-14-12-22-10-8-20-6-4-2;1-2-4-12-5-6-13-7-8-14-11-3-9-15-10-11;1-3-4-10-7-8-11-6-5-9-2;;;/h7-8H,5-6,9-18H2,1-4H3;15-16H,3-14H2,1-2H3;3,9-10H,2,4-8H2,1H3;3-8H2,1-2H3;2*1H4;1H/i;;;;;;1+1D. The maximum atomic E-state index is 6.17. The zero-order chi connectivity index (χ0) is 62.2. The van der Waals surface area contributed by atoms with Gasteiger partial charge in [0.1, 0.15) is 38.8 Å². The fourth-order valence-electron chi connectivity index (χ4n) is 6.33. The van der Waals surface area contributed by atoms with E-state index in [2.05, 4.69) is 67.5 Å². The molecule has 4 heterocycles. The number of hydrogen-bond donors (Lipinski definition) is 0. The molecule has 0 aliphatic rings. The van der Waals surface area contributed by atoms with E-state index < -0.39 is 0 Å². The number of hydrogen-bond acceptors (Lipinski definition) is 22. The van der Waals surface area contributed by atoms with Crippen LogP contribution in [-0.2, 0) is 61.6 Å². The van der Waals surface area contributed by atoms with Crippen LogP contribution in [0.25, 0.3) is 9.75 Å². The lowest BCUT2D eigenvalue weighted by Crippen LogP contribution is -2.13. The van der Waals surface area contributed by atoms with Gasteiger partial charge in [0.2, 0.25) is 0 Å². The van der Waals surface area contributed by atoms with E-state index in [0.717, 1.165) is 117 Å². The van der Waals surface area contributed by atoms with Gasteiger partial charge in [-0.3, -0.25) is 0 Å². The topological polar surface area (TPSA) is 166 Å². The second-order valence-corrected chi connectivity index (χ2v) is 21.7. The van der Waals surface area contributed by atoms with Gasteiger partial charge in [0.25, 0.3) is 0 Å². The molecule has 4 aromatic heterocycles. The highest BCUT2D eigenvalue weighted by molar-refractivity contribution is 7.22. The molecule has 0 N–H and O–H groups in total. The molecule has 0 aliphatic carbocycles. The van der Waals surface area contributed by atoms with Gasteiger partial charge in [-0.25, -0.2) is 0 Å². The highest BCUT2D eigenvalue weighted by Gasteiger charge is 2.21. The van der Waals surface area contributed by atoms with Crippen molar-refractivity contribution in [2.45, 2.75) is 109 Å². The van der Waals surface area contributed by atoms with Gasteiger partial charge in [0, 0.05) is 80.5 Å². The van der Waals surface area contributed by atoms with E-state index in [1.165, 1.54) is 9.75 Å². The number of thiophene rings is 4. The molecule has 0 aliphatic heterocycles. The normalized spacial score (nSPS) is 10.7. The van der Waals surface area contributed by atoms with Gasteiger partial charge in [-0.15, -0.1) is 45.3 Å². The molecule has 4 aromatic rings. The molecular weight excluding hydrogens is 1170 g/mol. The Bertz CT molecular complexity index is 1870. The molecule has 22 heteroatoms.